The van der Waals surface area contributed by atoms with Crippen LogP contribution in [-0.2, 0) is 11.3 Å². The lowest BCUT2D eigenvalue weighted by molar-refractivity contribution is 0.0139. The van der Waals surface area contributed by atoms with E-state index in [0.29, 0.717) is 61.4 Å². The van der Waals surface area contributed by atoms with Crippen molar-refractivity contribution in [3.8, 4) is 11.1 Å². The summed E-state index contributed by atoms with van der Waals surface area (Å²) in [4.78, 5) is 33.5. The van der Waals surface area contributed by atoms with Crippen molar-refractivity contribution in [2.75, 3.05) is 31.5 Å². The molecule has 0 saturated carbocycles. The summed E-state index contributed by atoms with van der Waals surface area (Å²) in [5.74, 6) is 0.230. The van der Waals surface area contributed by atoms with E-state index in [0.717, 1.165) is 11.8 Å². The smallest absolute Gasteiger partial charge is 0.410 e. The van der Waals surface area contributed by atoms with E-state index in [1.807, 2.05) is 46.1 Å². The molecule has 0 aliphatic carbocycles. The molecule has 12 heteroatoms. The molecular weight excluding hydrogens is 542 g/mol. The number of fused-ring (bicyclic) bond motifs is 1. The fourth-order valence-electron chi connectivity index (χ4n) is 5.09. The lowest BCUT2D eigenvalue weighted by Gasteiger charge is -2.35. The van der Waals surface area contributed by atoms with Crippen LogP contribution >= 0.6 is 0 Å². The Hall–Kier alpha value is -4.19. The molecule has 0 radical (unpaired) electrons. The molecule has 1 N–H and O–H groups in total. The number of hydrogen-bond acceptors (Lipinski definition) is 8. The molecule has 1 aliphatic heterocycles. The van der Waals surface area contributed by atoms with Gasteiger partial charge in [0.15, 0.2) is 5.82 Å². The van der Waals surface area contributed by atoms with E-state index in [2.05, 4.69) is 30.2 Å². The molecule has 1 fully saturated rings. The number of imidazole rings is 1. The van der Waals surface area contributed by atoms with Gasteiger partial charge in [0.25, 0.3) is 0 Å². The van der Waals surface area contributed by atoms with Crippen molar-refractivity contribution in [1.82, 2.24) is 34.3 Å². The number of piperazine rings is 1. The number of carbonyl (C=O) groups excluding carboxylic acids is 1. The molecule has 1 amide bonds. The predicted octanol–water partition coefficient (Wildman–Crippen LogP) is 5.85. The number of carbonyl (C=O) groups is 1. The third kappa shape index (κ3) is 6.48. The van der Waals surface area contributed by atoms with Gasteiger partial charge < -0.3 is 19.5 Å². The molecule has 222 valence electrons. The number of aryl methyl sites for hydroxylation is 1. The van der Waals surface area contributed by atoms with Crippen molar-refractivity contribution < 1.29 is 18.3 Å². The lowest BCUT2D eigenvalue weighted by atomic mass is 10.0. The molecule has 1 saturated heterocycles. The van der Waals surface area contributed by atoms with Gasteiger partial charge in [-0.2, -0.15) is 0 Å². The first-order valence-corrected chi connectivity index (χ1v) is 14.0. The molecule has 42 heavy (non-hydrogen) atoms. The van der Waals surface area contributed by atoms with Gasteiger partial charge >= 0.3 is 6.09 Å². The number of pyridine rings is 1. The Labute approximate surface area is 243 Å². The number of rotatable bonds is 6. The van der Waals surface area contributed by atoms with E-state index in [-0.39, 0.29) is 23.2 Å². The molecule has 4 aromatic rings. The maximum absolute atomic E-state index is 15.0. The van der Waals surface area contributed by atoms with Crippen LogP contribution in [0.25, 0.3) is 22.2 Å². The van der Waals surface area contributed by atoms with Crippen LogP contribution in [0.4, 0.5) is 25.3 Å². The van der Waals surface area contributed by atoms with E-state index in [1.165, 1.54) is 12.1 Å². The summed E-state index contributed by atoms with van der Waals surface area (Å²) in [5.41, 5.74) is 1.84. The highest BCUT2D eigenvalue weighted by atomic mass is 19.1. The standard InChI is InChI=1S/C30H36F2N8O2/c1-18(2)40-19(3)36-27-23(31)11-21(12-25(27)40)22-13-26(33-16-24(22)32)37-28-34-14-20(15-35-28)17-38-7-9-39(10-8-38)29(41)42-30(4,5)6/h11-16,18H,7-10,17H2,1-6H3,(H,33,34,35,37). The maximum Gasteiger partial charge on any atom is 0.410 e. The molecule has 0 atom stereocenters. The Morgan fingerprint density at radius 2 is 1.69 bits per heavy atom. The average molecular weight is 579 g/mol. The monoisotopic (exact) mass is 578 g/mol. The van der Waals surface area contributed by atoms with Crippen molar-refractivity contribution in [2.45, 2.75) is 59.7 Å². The Morgan fingerprint density at radius 1 is 1.00 bits per heavy atom. The SMILES string of the molecule is Cc1nc2c(F)cc(-c3cc(Nc4ncc(CN5CCN(C(=O)OC(C)(C)C)CC5)cn4)ncc3F)cc2n1C(C)C. The minimum absolute atomic E-state index is 0.0612. The highest BCUT2D eigenvalue weighted by Crippen LogP contribution is 2.32. The van der Waals surface area contributed by atoms with Crippen molar-refractivity contribution >= 4 is 28.9 Å². The highest BCUT2D eigenvalue weighted by Gasteiger charge is 2.26. The Bertz CT molecular complexity index is 1590. The summed E-state index contributed by atoms with van der Waals surface area (Å²) in [6, 6.07) is 4.62. The largest absolute Gasteiger partial charge is 0.444 e. The zero-order chi connectivity index (χ0) is 30.2. The topological polar surface area (TPSA) is 101 Å². The normalized spacial score (nSPS) is 14.5. The first-order valence-electron chi connectivity index (χ1n) is 14.0. The molecular formula is C30H36F2N8O2. The van der Waals surface area contributed by atoms with Crippen LogP contribution in [0.3, 0.4) is 0 Å². The second-order valence-electron chi connectivity index (χ2n) is 11.8. The Morgan fingerprint density at radius 3 is 2.33 bits per heavy atom. The maximum atomic E-state index is 15.0. The van der Waals surface area contributed by atoms with Gasteiger partial charge in [0.05, 0.1) is 11.7 Å². The minimum atomic E-state index is -0.574. The van der Waals surface area contributed by atoms with E-state index in [1.54, 1.807) is 23.4 Å². The molecule has 5 rings (SSSR count). The summed E-state index contributed by atoms with van der Waals surface area (Å²) in [6.45, 7) is 14.6. The fraction of sp³-hybridized carbons (Fsp3) is 0.433. The van der Waals surface area contributed by atoms with Gasteiger partial charge in [-0.3, -0.25) is 4.90 Å². The lowest BCUT2D eigenvalue weighted by Crippen LogP contribution is -2.49. The molecule has 1 aromatic carbocycles. The van der Waals surface area contributed by atoms with Crippen LogP contribution in [0.1, 0.15) is 52.0 Å². The molecule has 10 nitrogen and oxygen atoms in total. The van der Waals surface area contributed by atoms with Crippen molar-refractivity contribution in [1.29, 1.82) is 0 Å². The number of ether oxygens (including phenoxy) is 1. The summed E-state index contributed by atoms with van der Waals surface area (Å²) in [5, 5.41) is 3.01. The summed E-state index contributed by atoms with van der Waals surface area (Å²) in [6.07, 6.45) is 4.24. The molecule has 0 bridgehead atoms. The molecule has 3 aromatic heterocycles. The van der Waals surface area contributed by atoms with Crippen LogP contribution in [0.2, 0.25) is 0 Å². The molecule has 1 aliphatic rings. The van der Waals surface area contributed by atoms with Crippen LogP contribution in [-0.4, -0.2) is 72.2 Å². The van der Waals surface area contributed by atoms with E-state index < -0.39 is 17.2 Å². The predicted molar refractivity (Wildman–Crippen MR) is 156 cm³/mol. The van der Waals surface area contributed by atoms with Crippen molar-refractivity contribution in [2.24, 2.45) is 0 Å². The van der Waals surface area contributed by atoms with E-state index >= 15 is 4.39 Å². The van der Waals surface area contributed by atoms with Gasteiger partial charge in [-0.25, -0.2) is 33.5 Å². The number of hydrogen-bond donors (Lipinski definition) is 1. The average Bonchev–Trinajstić information content (AvgIpc) is 3.27. The van der Waals surface area contributed by atoms with Crippen LogP contribution in [0, 0.1) is 18.6 Å². The fourth-order valence-corrected chi connectivity index (χ4v) is 5.09. The molecule has 4 heterocycles. The number of anilines is 2. The van der Waals surface area contributed by atoms with Gasteiger partial charge in [0.1, 0.15) is 28.6 Å². The van der Waals surface area contributed by atoms with Gasteiger partial charge in [-0.1, -0.05) is 0 Å². The zero-order valence-electron chi connectivity index (χ0n) is 24.8. The van der Waals surface area contributed by atoms with Crippen LogP contribution in [0.15, 0.2) is 36.8 Å². The number of halogens is 2. The van der Waals surface area contributed by atoms with E-state index in [4.69, 9.17) is 4.74 Å². The second-order valence-corrected chi connectivity index (χ2v) is 11.8. The van der Waals surface area contributed by atoms with Crippen LogP contribution in [0.5, 0.6) is 0 Å². The van der Waals surface area contributed by atoms with Gasteiger partial charge in [-0.05, 0) is 65.3 Å². The van der Waals surface area contributed by atoms with Crippen LogP contribution < -0.4 is 5.32 Å². The first-order chi connectivity index (χ1) is 19.9. The van der Waals surface area contributed by atoms with Gasteiger partial charge in [0.2, 0.25) is 5.95 Å². The minimum Gasteiger partial charge on any atom is -0.444 e. The Kier molecular flexibility index (Phi) is 8.09. The summed E-state index contributed by atoms with van der Waals surface area (Å²) >= 11 is 0. The zero-order valence-corrected chi connectivity index (χ0v) is 24.8. The Balaban J connectivity index is 1.25. The van der Waals surface area contributed by atoms with Gasteiger partial charge in [-0.15, -0.1) is 0 Å². The van der Waals surface area contributed by atoms with Gasteiger partial charge in [0, 0.05) is 62.3 Å². The highest BCUT2D eigenvalue weighted by molar-refractivity contribution is 5.84. The van der Waals surface area contributed by atoms with Crippen molar-refractivity contribution in [3.05, 3.63) is 59.8 Å². The third-order valence-corrected chi connectivity index (χ3v) is 6.98. The number of amides is 1. The molecule has 0 unspecified atom stereocenters. The van der Waals surface area contributed by atoms with Crippen molar-refractivity contribution in [3.63, 3.8) is 0 Å². The number of aromatic nitrogens is 5. The summed E-state index contributed by atoms with van der Waals surface area (Å²) in [7, 11) is 0. The van der Waals surface area contributed by atoms with E-state index in [9.17, 15) is 9.18 Å². The number of nitrogens with zero attached hydrogens (tertiary/aromatic N) is 7. The second kappa shape index (κ2) is 11.6. The number of benzene rings is 1. The number of nitrogens with one attached hydrogen (secondary N) is 1. The summed E-state index contributed by atoms with van der Waals surface area (Å²) < 4.78 is 37.3. The first kappa shape index (κ1) is 29.3. The quantitative estimate of drug-likeness (QED) is 0.304. The third-order valence-electron chi connectivity index (χ3n) is 6.98. The molecule has 0 spiro atoms.